The van der Waals surface area contributed by atoms with Gasteiger partial charge in [0.15, 0.2) is 0 Å². The van der Waals surface area contributed by atoms with Crippen LogP contribution >= 0.6 is 11.5 Å². The van der Waals surface area contributed by atoms with Crippen LogP contribution in [-0.4, -0.2) is 45.3 Å². The first kappa shape index (κ1) is 13.9. The van der Waals surface area contributed by atoms with Crippen molar-refractivity contribution in [2.75, 3.05) is 13.1 Å². The van der Waals surface area contributed by atoms with Gasteiger partial charge in [0.2, 0.25) is 5.82 Å². The maximum Gasteiger partial charge on any atom is 0.290 e. The molecule has 0 unspecified atom stereocenters. The first-order valence-electron chi connectivity index (χ1n) is 7.43. The van der Waals surface area contributed by atoms with Gasteiger partial charge in [0.1, 0.15) is 5.01 Å². The molecule has 2 atom stereocenters. The summed E-state index contributed by atoms with van der Waals surface area (Å²) in [5, 5.41) is 4.13. The van der Waals surface area contributed by atoms with E-state index in [2.05, 4.69) is 40.3 Å². The zero-order valence-electron chi connectivity index (χ0n) is 12.3. The molecule has 1 aromatic rings. The van der Waals surface area contributed by atoms with Crippen molar-refractivity contribution in [2.45, 2.75) is 51.6 Å². The van der Waals surface area contributed by atoms with Gasteiger partial charge in [0, 0.05) is 31.1 Å². The molecule has 0 bridgehead atoms. The van der Waals surface area contributed by atoms with E-state index in [0.717, 1.165) is 18.1 Å². The summed E-state index contributed by atoms with van der Waals surface area (Å²) in [5.74, 6) is 1.28. The van der Waals surface area contributed by atoms with Crippen LogP contribution in [0.15, 0.2) is 0 Å². The van der Waals surface area contributed by atoms with Crippen molar-refractivity contribution >= 4 is 17.4 Å². The lowest BCUT2D eigenvalue weighted by Gasteiger charge is -2.20. The van der Waals surface area contributed by atoms with Crippen molar-refractivity contribution < 1.29 is 4.79 Å². The quantitative estimate of drug-likeness (QED) is 0.921. The van der Waals surface area contributed by atoms with Crippen molar-refractivity contribution in [3.8, 4) is 0 Å². The van der Waals surface area contributed by atoms with Gasteiger partial charge in [-0.3, -0.25) is 9.69 Å². The third-order valence-electron chi connectivity index (χ3n) is 4.26. The standard InChI is InChI=1S/C14H22N4OS/c1-8(2)18-6-9(3)11(7-18)15-13(19)12-16-14(20-17-12)10-4-5-10/h8-11H,4-7H2,1-3H3,(H,15,19)/t9-,11+/m0/s1. The molecule has 6 heteroatoms. The predicted molar refractivity (Wildman–Crippen MR) is 79.0 cm³/mol. The predicted octanol–water partition coefficient (Wildman–Crippen LogP) is 1.87. The van der Waals surface area contributed by atoms with E-state index in [9.17, 15) is 4.79 Å². The maximum absolute atomic E-state index is 12.2. The minimum Gasteiger partial charge on any atom is -0.345 e. The second-order valence-electron chi connectivity index (χ2n) is 6.34. The summed E-state index contributed by atoms with van der Waals surface area (Å²) in [6.45, 7) is 8.55. The molecular weight excluding hydrogens is 272 g/mol. The number of hydrogen-bond donors (Lipinski definition) is 1. The molecule has 3 rings (SSSR count). The number of carbonyl (C=O) groups is 1. The molecule has 1 saturated heterocycles. The van der Waals surface area contributed by atoms with E-state index in [1.165, 1.54) is 24.4 Å². The van der Waals surface area contributed by atoms with Crippen LogP contribution in [0.25, 0.3) is 0 Å². The summed E-state index contributed by atoms with van der Waals surface area (Å²) in [6, 6.07) is 0.732. The summed E-state index contributed by atoms with van der Waals surface area (Å²) in [4.78, 5) is 19.0. The Labute approximate surface area is 123 Å². The third kappa shape index (κ3) is 2.86. The summed E-state index contributed by atoms with van der Waals surface area (Å²) in [5.41, 5.74) is 0. The van der Waals surface area contributed by atoms with E-state index in [-0.39, 0.29) is 11.9 Å². The van der Waals surface area contributed by atoms with Gasteiger partial charge in [-0.05, 0) is 44.1 Å². The average molecular weight is 294 g/mol. The molecule has 2 aliphatic rings. The lowest BCUT2D eigenvalue weighted by Crippen LogP contribution is -2.40. The molecule has 1 aromatic heterocycles. The van der Waals surface area contributed by atoms with Crippen molar-refractivity contribution in [3.63, 3.8) is 0 Å². The minimum atomic E-state index is -0.115. The fourth-order valence-electron chi connectivity index (χ4n) is 2.67. The Hall–Kier alpha value is -1.01. The molecule has 1 saturated carbocycles. The van der Waals surface area contributed by atoms with Crippen LogP contribution in [-0.2, 0) is 0 Å². The van der Waals surface area contributed by atoms with Gasteiger partial charge in [-0.15, -0.1) is 0 Å². The van der Waals surface area contributed by atoms with E-state index < -0.39 is 0 Å². The summed E-state index contributed by atoms with van der Waals surface area (Å²) in [6.07, 6.45) is 2.39. The second-order valence-corrected chi connectivity index (χ2v) is 7.12. The molecule has 0 spiro atoms. The number of aromatic nitrogens is 2. The minimum absolute atomic E-state index is 0.115. The highest BCUT2D eigenvalue weighted by Crippen LogP contribution is 2.40. The fraction of sp³-hybridized carbons (Fsp3) is 0.786. The smallest absolute Gasteiger partial charge is 0.290 e. The van der Waals surface area contributed by atoms with Gasteiger partial charge in [-0.2, -0.15) is 4.37 Å². The van der Waals surface area contributed by atoms with Crippen LogP contribution in [0.2, 0.25) is 0 Å². The van der Waals surface area contributed by atoms with Crippen LogP contribution < -0.4 is 5.32 Å². The van der Waals surface area contributed by atoms with Crippen molar-refractivity contribution in [1.29, 1.82) is 0 Å². The number of carbonyl (C=O) groups excluding carboxylic acids is 1. The molecule has 2 fully saturated rings. The van der Waals surface area contributed by atoms with Crippen molar-refractivity contribution in [1.82, 2.24) is 19.6 Å². The van der Waals surface area contributed by atoms with Crippen LogP contribution in [0, 0.1) is 5.92 Å². The molecule has 0 radical (unpaired) electrons. The van der Waals surface area contributed by atoms with E-state index in [1.807, 2.05) is 0 Å². The number of rotatable bonds is 4. The van der Waals surface area contributed by atoms with E-state index in [0.29, 0.717) is 23.7 Å². The Balaban J connectivity index is 1.60. The molecule has 5 nitrogen and oxygen atoms in total. The Morgan fingerprint density at radius 3 is 2.75 bits per heavy atom. The monoisotopic (exact) mass is 294 g/mol. The van der Waals surface area contributed by atoms with Crippen LogP contribution in [0.3, 0.4) is 0 Å². The highest BCUT2D eigenvalue weighted by atomic mass is 32.1. The lowest BCUT2D eigenvalue weighted by atomic mass is 10.1. The number of nitrogens with one attached hydrogen (secondary N) is 1. The van der Waals surface area contributed by atoms with Gasteiger partial charge < -0.3 is 5.32 Å². The zero-order valence-corrected chi connectivity index (χ0v) is 13.1. The molecular formula is C14H22N4OS. The highest BCUT2D eigenvalue weighted by molar-refractivity contribution is 7.05. The zero-order chi connectivity index (χ0) is 14.3. The largest absolute Gasteiger partial charge is 0.345 e. The molecule has 110 valence electrons. The molecule has 20 heavy (non-hydrogen) atoms. The third-order valence-corrected chi connectivity index (χ3v) is 5.13. The Bertz CT molecular complexity index is 497. The molecule has 2 heterocycles. The van der Waals surface area contributed by atoms with Gasteiger partial charge in [-0.25, -0.2) is 4.98 Å². The fourth-order valence-corrected chi connectivity index (χ4v) is 3.49. The number of likely N-dealkylation sites (tertiary alicyclic amines) is 1. The first-order chi connectivity index (χ1) is 9.54. The van der Waals surface area contributed by atoms with Crippen molar-refractivity contribution in [3.05, 3.63) is 10.8 Å². The Morgan fingerprint density at radius 2 is 2.15 bits per heavy atom. The normalized spacial score (nSPS) is 27.2. The van der Waals surface area contributed by atoms with E-state index >= 15 is 0 Å². The van der Waals surface area contributed by atoms with Gasteiger partial charge >= 0.3 is 0 Å². The SMILES string of the molecule is CC(C)N1C[C@H](C)[C@H](NC(=O)c2nsc(C3CC3)n2)C1. The molecule has 1 aliphatic carbocycles. The number of hydrogen-bond acceptors (Lipinski definition) is 5. The first-order valence-corrected chi connectivity index (χ1v) is 8.20. The van der Waals surface area contributed by atoms with Crippen LogP contribution in [0.4, 0.5) is 0 Å². The van der Waals surface area contributed by atoms with Crippen LogP contribution in [0.1, 0.15) is 55.2 Å². The summed E-state index contributed by atoms with van der Waals surface area (Å²) < 4.78 is 4.20. The van der Waals surface area contributed by atoms with E-state index in [1.54, 1.807) is 0 Å². The Morgan fingerprint density at radius 1 is 1.40 bits per heavy atom. The lowest BCUT2D eigenvalue weighted by molar-refractivity contribution is 0.0921. The topological polar surface area (TPSA) is 58.1 Å². The maximum atomic E-state index is 12.2. The average Bonchev–Trinajstić information content (AvgIpc) is 3.01. The summed E-state index contributed by atoms with van der Waals surface area (Å²) >= 11 is 1.38. The molecule has 1 N–H and O–H groups in total. The summed E-state index contributed by atoms with van der Waals surface area (Å²) in [7, 11) is 0. The number of nitrogens with zero attached hydrogens (tertiary/aromatic N) is 3. The molecule has 0 aromatic carbocycles. The van der Waals surface area contributed by atoms with Gasteiger partial charge in [-0.1, -0.05) is 6.92 Å². The Kier molecular flexibility index (Phi) is 3.77. The van der Waals surface area contributed by atoms with Crippen LogP contribution in [0.5, 0.6) is 0 Å². The molecule has 1 aliphatic heterocycles. The van der Waals surface area contributed by atoms with E-state index in [4.69, 9.17) is 0 Å². The van der Waals surface area contributed by atoms with Crippen molar-refractivity contribution in [2.24, 2.45) is 5.92 Å². The van der Waals surface area contributed by atoms with Gasteiger partial charge in [0.05, 0.1) is 0 Å². The van der Waals surface area contributed by atoms with Gasteiger partial charge in [0.25, 0.3) is 5.91 Å². The second kappa shape index (κ2) is 5.41. The molecule has 1 amide bonds. The number of amides is 1. The highest BCUT2D eigenvalue weighted by Gasteiger charge is 2.33.